The van der Waals surface area contributed by atoms with Crippen molar-refractivity contribution >= 4 is 34.4 Å². The molecule has 0 saturated heterocycles. The molecule has 5 aromatic rings. The third-order valence-corrected chi connectivity index (χ3v) is 7.20. The van der Waals surface area contributed by atoms with Crippen LogP contribution in [0.4, 0.5) is 0 Å². The Kier molecular flexibility index (Phi) is 5.69. The van der Waals surface area contributed by atoms with Crippen molar-refractivity contribution in [3.8, 4) is 17.1 Å². The molecule has 0 atom stereocenters. The lowest BCUT2D eigenvalue weighted by molar-refractivity contribution is 0.415. The standard InChI is InChI=1S/C32H23O2S/c1-33-25-17-15-22(16-18-25)29-21-26(35-32-14-8-6-12-28(29)32)19-24-20-31(23-9-3-2-4-10-23)34-30-13-7-5-11-27(24)30/h2-21H,1H3/q+1. The van der Waals surface area contributed by atoms with Crippen LogP contribution < -0.4 is 4.74 Å². The fourth-order valence-corrected chi connectivity index (χ4v) is 5.46. The normalized spacial score (nSPS) is 14.0. The molecule has 0 saturated carbocycles. The second-order valence-corrected chi connectivity index (χ2v) is 9.47. The fourth-order valence-electron chi connectivity index (χ4n) is 4.41. The van der Waals surface area contributed by atoms with Gasteiger partial charge >= 0.3 is 11.3 Å². The molecule has 4 aromatic carbocycles. The average molecular weight is 472 g/mol. The molecular formula is C32H23O2S+. The monoisotopic (exact) mass is 471 g/mol. The van der Waals surface area contributed by atoms with Gasteiger partial charge in [-0.2, -0.15) is 0 Å². The lowest BCUT2D eigenvalue weighted by atomic mass is 9.96. The molecule has 2 heterocycles. The number of fused-ring (bicyclic) bond motifs is 2. The second-order valence-electron chi connectivity index (χ2n) is 8.36. The van der Waals surface area contributed by atoms with Gasteiger partial charge in [-0.05, 0) is 65.3 Å². The van der Waals surface area contributed by atoms with Gasteiger partial charge in [0.05, 0.1) is 24.1 Å². The molecular weight excluding hydrogens is 448 g/mol. The molecule has 6 rings (SSSR count). The molecule has 0 N–H and O–H groups in total. The molecule has 1 aromatic heterocycles. The van der Waals surface area contributed by atoms with Gasteiger partial charge in [0.15, 0.2) is 0 Å². The molecule has 1 aliphatic rings. The maximum atomic E-state index is 6.28. The Labute approximate surface area is 209 Å². The molecule has 0 radical (unpaired) electrons. The summed E-state index contributed by atoms with van der Waals surface area (Å²) in [6, 6.07) is 37.5. The van der Waals surface area contributed by atoms with Gasteiger partial charge in [-0.15, -0.1) is 0 Å². The summed E-state index contributed by atoms with van der Waals surface area (Å²) in [5.41, 5.74) is 6.70. The number of hydrogen-bond acceptors (Lipinski definition) is 2. The van der Waals surface area contributed by atoms with Gasteiger partial charge in [0.25, 0.3) is 0 Å². The first-order valence-corrected chi connectivity index (χ1v) is 12.4. The molecule has 0 bridgehead atoms. The quantitative estimate of drug-likeness (QED) is 0.244. The third-order valence-electron chi connectivity index (χ3n) is 6.15. The Bertz CT molecular complexity index is 1580. The summed E-state index contributed by atoms with van der Waals surface area (Å²) in [7, 11) is 1.70. The average Bonchev–Trinajstić information content (AvgIpc) is 2.93. The summed E-state index contributed by atoms with van der Waals surface area (Å²) in [4.78, 5) is 2.44. The first kappa shape index (κ1) is 21.5. The number of thioether (sulfide) groups is 1. The van der Waals surface area contributed by atoms with E-state index in [1.165, 1.54) is 26.5 Å². The summed E-state index contributed by atoms with van der Waals surface area (Å²) in [6.07, 6.45) is 4.56. The minimum Gasteiger partial charge on any atom is -0.497 e. The van der Waals surface area contributed by atoms with E-state index < -0.39 is 0 Å². The van der Waals surface area contributed by atoms with Gasteiger partial charge in [0, 0.05) is 21.4 Å². The Morgan fingerprint density at radius 3 is 2.31 bits per heavy atom. The number of ether oxygens (including phenoxy) is 1. The highest BCUT2D eigenvalue weighted by molar-refractivity contribution is 8.03. The number of allylic oxidation sites excluding steroid dienone is 1. The first-order valence-electron chi connectivity index (χ1n) is 11.5. The lowest BCUT2D eigenvalue weighted by Gasteiger charge is -2.20. The minimum absolute atomic E-state index is 0.858. The van der Waals surface area contributed by atoms with Crippen molar-refractivity contribution in [1.82, 2.24) is 0 Å². The highest BCUT2D eigenvalue weighted by Crippen LogP contribution is 2.44. The van der Waals surface area contributed by atoms with Gasteiger partial charge in [-0.3, -0.25) is 0 Å². The van der Waals surface area contributed by atoms with Gasteiger partial charge < -0.3 is 4.74 Å². The van der Waals surface area contributed by atoms with E-state index >= 15 is 0 Å². The molecule has 168 valence electrons. The van der Waals surface area contributed by atoms with Crippen molar-refractivity contribution in [2.75, 3.05) is 7.11 Å². The van der Waals surface area contributed by atoms with Crippen molar-refractivity contribution in [3.05, 3.63) is 137 Å². The van der Waals surface area contributed by atoms with E-state index in [1.807, 2.05) is 42.5 Å². The van der Waals surface area contributed by atoms with Crippen molar-refractivity contribution in [2.45, 2.75) is 4.90 Å². The zero-order valence-electron chi connectivity index (χ0n) is 19.3. The van der Waals surface area contributed by atoms with E-state index in [0.717, 1.165) is 33.6 Å². The van der Waals surface area contributed by atoms with Crippen molar-refractivity contribution in [3.63, 3.8) is 0 Å². The summed E-state index contributed by atoms with van der Waals surface area (Å²) in [6.45, 7) is 0. The van der Waals surface area contributed by atoms with E-state index in [4.69, 9.17) is 9.15 Å². The van der Waals surface area contributed by atoms with E-state index in [2.05, 4.69) is 78.9 Å². The van der Waals surface area contributed by atoms with Crippen LogP contribution in [0, 0.1) is 0 Å². The number of methoxy groups -OCH3 is 1. The SMILES string of the molecule is COc1ccc(C2=CC(=Cc3cc(-c4ccccc4)[o+]c4ccccc34)Sc3ccccc32)cc1. The van der Waals surface area contributed by atoms with Crippen molar-refractivity contribution in [1.29, 1.82) is 0 Å². The topological polar surface area (TPSA) is 20.5 Å². The number of benzene rings is 4. The molecule has 3 heteroatoms. The summed E-state index contributed by atoms with van der Waals surface area (Å²) in [5, 5.41) is 1.10. The number of hydrogen-bond donors (Lipinski definition) is 0. The zero-order chi connectivity index (χ0) is 23.6. The Morgan fingerprint density at radius 2 is 1.49 bits per heavy atom. The predicted octanol–water partition coefficient (Wildman–Crippen LogP) is 8.97. The Morgan fingerprint density at radius 1 is 0.743 bits per heavy atom. The van der Waals surface area contributed by atoms with Crippen molar-refractivity contribution < 1.29 is 9.15 Å². The molecule has 2 nitrogen and oxygen atoms in total. The molecule has 1 aliphatic heterocycles. The van der Waals surface area contributed by atoms with E-state index in [0.29, 0.717) is 0 Å². The van der Waals surface area contributed by atoms with Gasteiger partial charge in [-0.25, -0.2) is 4.42 Å². The van der Waals surface area contributed by atoms with Crippen LogP contribution in [0.3, 0.4) is 0 Å². The molecule has 35 heavy (non-hydrogen) atoms. The van der Waals surface area contributed by atoms with Gasteiger partial charge in [0.2, 0.25) is 0 Å². The maximum absolute atomic E-state index is 6.28. The minimum atomic E-state index is 0.858. The first-order chi connectivity index (χ1) is 17.3. The Hall–Kier alpha value is -4.08. The van der Waals surface area contributed by atoms with E-state index in [1.54, 1.807) is 18.9 Å². The molecule has 0 unspecified atom stereocenters. The van der Waals surface area contributed by atoms with Crippen LogP contribution in [0.2, 0.25) is 0 Å². The Balaban J connectivity index is 1.51. The van der Waals surface area contributed by atoms with Crippen LogP contribution in [0.15, 0.2) is 129 Å². The summed E-state index contributed by atoms with van der Waals surface area (Å²) in [5.74, 6) is 1.72. The van der Waals surface area contributed by atoms with Crippen LogP contribution in [-0.2, 0) is 0 Å². The predicted molar refractivity (Wildman–Crippen MR) is 146 cm³/mol. The van der Waals surface area contributed by atoms with Crippen LogP contribution in [0.5, 0.6) is 5.75 Å². The highest BCUT2D eigenvalue weighted by atomic mass is 32.2. The smallest absolute Gasteiger partial charge is 0.361 e. The van der Waals surface area contributed by atoms with Crippen molar-refractivity contribution in [2.24, 2.45) is 0 Å². The molecule has 0 amide bonds. The largest absolute Gasteiger partial charge is 0.497 e. The zero-order valence-corrected chi connectivity index (χ0v) is 20.1. The van der Waals surface area contributed by atoms with Crippen LogP contribution in [-0.4, -0.2) is 7.11 Å². The molecule has 0 fully saturated rings. The fraction of sp³-hybridized carbons (Fsp3) is 0.0312. The van der Waals surface area contributed by atoms with E-state index in [-0.39, 0.29) is 0 Å². The molecule has 0 spiro atoms. The number of para-hydroxylation sites is 1. The third kappa shape index (κ3) is 4.27. The van der Waals surface area contributed by atoms with Crippen LogP contribution >= 0.6 is 11.8 Å². The van der Waals surface area contributed by atoms with Crippen LogP contribution in [0.1, 0.15) is 16.7 Å². The highest BCUT2D eigenvalue weighted by Gasteiger charge is 2.21. The summed E-state index contributed by atoms with van der Waals surface area (Å²) < 4.78 is 11.7. The maximum Gasteiger partial charge on any atom is 0.361 e. The second kappa shape index (κ2) is 9.28. The van der Waals surface area contributed by atoms with Gasteiger partial charge in [0.1, 0.15) is 5.75 Å². The molecule has 0 aliphatic carbocycles. The lowest BCUT2D eigenvalue weighted by Crippen LogP contribution is -1.97. The van der Waals surface area contributed by atoms with Gasteiger partial charge in [-0.1, -0.05) is 72.4 Å². The number of rotatable bonds is 4. The summed E-state index contributed by atoms with van der Waals surface area (Å²) >= 11 is 1.80. The van der Waals surface area contributed by atoms with Crippen LogP contribution in [0.25, 0.3) is 33.9 Å². The van der Waals surface area contributed by atoms with E-state index in [9.17, 15) is 0 Å².